The van der Waals surface area contributed by atoms with Gasteiger partial charge in [0.05, 0.1) is 12.5 Å². The first-order chi connectivity index (χ1) is 10.1. The van der Waals surface area contributed by atoms with Gasteiger partial charge in [-0.1, -0.05) is 25.5 Å². The first-order valence-corrected chi connectivity index (χ1v) is 7.75. The monoisotopic (exact) mass is 293 g/mol. The lowest BCUT2D eigenvalue weighted by molar-refractivity contribution is -0.142. The molecule has 0 fully saturated rings. The number of nitrogens with two attached hydrogens (primary N) is 1. The van der Waals surface area contributed by atoms with Crippen LogP contribution in [-0.4, -0.2) is 24.2 Å². The fourth-order valence-corrected chi connectivity index (χ4v) is 2.52. The molecule has 2 atom stereocenters. The standard InChI is InChI=1S/C17H27NO3/c1-3-13(10-15(12-18)17(19)20)8-9-14-6-5-7-16(11-14)21-4-2/h5-7,11,13,15H,3-4,8-10,12,18H2,1-2H3,(H,19,20). The zero-order valence-electron chi connectivity index (χ0n) is 13.0. The quantitative estimate of drug-likeness (QED) is 0.695. The molecule has 0 bridgehead atoms. The number of hydrogen-bond donors (Lipinski definition) is 2. The summed E-state index contributed by atoms with van der Waals surface area (Å²) >= 11 is 0. The molecule has 118 valence electrons. The number of benzene rings is 1. The molecule has 1 aromatic carbocycles. The molecule has 0 radical (unpaired) electrons. The van der Waals surface area contributed by atoms with Gasteiger partial charge in [0.15, 0.2) is 0 Å². The second kappa shape index (κ2) is 9.40. The van der Waals surface area contributed by atoms with Gasteiger partial charge in [0.25, 0.3) is 0 Å². The van der Waals surface area contributed by atoms with E-state index in [0.717, 1.165) is 25.0 Å². The largest absolute Gasteiger partial charge is 0.494 e. The minimum Gasteiger partial charge on any atom is -0.494 e. The van der Waals surface area contributed by atoms with Crippen molar-refractivity contribution in [1.29, 1.82) is 0 Å². The van der Waals surface area contributed by atoms with Crippen LogP contribution in [0.15, 0.2) is 24.3 Å². The highest BCUT2D eigenvalue weighted by molar-refractivity contribution is 5.70. The van der Waals surface area contributed by atoms with E-state index in [0.29, 0.717) is 18.9 Å². The number of aryl methyl sites for hydroxylation is 1. The van der Waals surface area contributed by atoms with Crippen molar-refractivity contribution >= 4 is 5.97 Å². The van der Waals surface area contributed by atoms with Gasteiger partial charge in [0.1, 0.15) is 5.75 Å². The second-order valence-corrected chi connectivity index (χ2v) is 5.40. The van der Waals surface area contributed by atoms with Gasteiger partial charge in [-0.05, 0) is 49.8 Å². The molecular formula is C17H27NO3. The van der Waals surface area contributed by atoms with Crippen molar-refractivity contribution in [3.05, 3.63) is 29.8 Å². The van der Waals surface area contributed by atoms with Gasteiger partial charge >= 0.3 is 5.97 Å². The summed E-state index contributed by atoms with van der Waals surface area (Å²) in [6, 6.07) is 8.11. The molecule has 0 amide bonds. The van der Waals surface area contributed by atoms with E-state index in [2.05, 4.69) is 19.1 Å². The molecule has 0 heterocycles. The summed E-state index contributed by atoms with van der Waals surface area (Å²) in [4.78, 5) is 11.1. The lowest BCUT2D eigenvalue weighted by atomic mass is 9.88. The number of carboxylic acid groups (broad SMARTS) is 1. The van der Waals surface area contributed by atoms with Crippen molar-refractivity contribution < 1.29 is 14.6 Å². The maximum atomic E-state index is 11.1. The number of ether oxygens (including phenoxy) is 1. The Hall–Kier alpha value is -1.55. The van der Waals surface area contributed by atoms with Crippen molar-refractivity contribution in [2.75, 3.05) is 13.2 Å². The Bertz CT molecular complexity index is 434. The van der Waals surface area contributed by atoms with Gasteiger partial charge in [-0.3, -0.25) is 4.79 Å². The SMILES string of the molecule is CCOc1cccc(CCC(CC)CC(CN)C(=O)O)c1. The number of rotatable bonds is 10. The van der Waals surface area contributed by atoms with E-state index >= 15 is 0 Å². The Morgan fingerprint density at radius 2 is 2.14 bits per heavy atom. The Morgan fingerprint density at radius 3 is 2.71 bits per heavy atom. The third kappa shape index (κ3) is 6.17. The van der Waals surface area contributed by atoms with Crippen molar-refractivity contribution in [2.24, 2.45) is 17.6 Å². The number of carboxylic acids is 1. The average molecular weight is 293 g/mol. The molecule has 0 spiro atoms. The number of hydrogen-bond acceptors (Lipinski definition) is 3. The highest BCUT2D eigenvalue weighted by Gasteiger charge is 2.20. The van der Waals surface area contributed by atoms with E-state index in [1.807, 2.05) is 19.1 Å². The van der Waals surface area contributed by atoms with Crippen LogP contribution in [0.4, 0.5) is 0 Å². The van der Waals surface area contributed by atoms with Crippen LogP contribution in [-0.2, 0) is 11.2 Å². The van der Waals surface area contributed by atoms with Crippen molar-refractivity contribution in [1.82, 2.24) is 0 Å². The Morgan fingerprint density at radius 1 is 1.38 bits per heavy atom. The fraction of sp³-hybridized carbons (Fsp3) is 0.588. The molecular weight excluding hydrogens is 266 g/mol. The predicted molar refractivity (Wildman–Crippen MR) is 84.5 cm³/mol. The van der Waals surface area contributed by atoms with Gasteiger partial charge < -0.3 is 15.6 Å². The molecule has 0 aliphatic rings. The molecule has 2 unspecified atom stereocenters. The third-order valence-electron chi connectivity index (χ3n) is 3.88. The highest BCUT2D eigenvalue weighted by Crippen LogP contribution is 2.23. The molecule has 4 heteroatoms. The van der Waals surface area contributed by atoms with E-state index in [1.165, 1.54) is 5.56 Å². The second-order valence-electron chi connectivity index (χ2n) is 5.40. The summed E-state index contributed by atoms with van der Waals surface area (Å²) in [6.45, 7) is 4.96. The average Bonchev–Trinajstić information content (AvgIpc) is 2.48. The van der Waals surface area contributed by atoms with Crippen LogP contribution in [0.3, 0.4) is 0 Å². The maximum Gasteiger partial charge on any atom is 0.307 e. The minimum atomic E-state index is -0.783. The first kappa shape index (κ1) is 17.5. The van der Waals surface area contributed by atoms with Crippen LogP contribution in [0, 0.1) is 11.8 Å². The number of aliphatic carboxylic acids is 1. The van der Waals surface area contributed by atoms with Crippen LogP contribution in [0.2, 0.25) is 0 Å². The molecule has 0 aromatic heterocycles. The van der Waals surface area contributed by atoms with Gasteiger partial charge in [-0.15, -0.1) is 0 Å². The van der Waals surface area contributed by atoms with Gasteiger partial charge in [-0.25, -0.2) is 0 Å². The smallest absolute Gasteiger partial charge is 0.307 e. The summed E-state index contributed by atoms with van der Waals surface area (Å²) in [5.74, 6) is 0.0813. The molecule has 0 saturated heterocycles. The van der Waals surface area contributed by atoms with E-state index in [1.54, 1.807) is 0 Å². The zero-order chi connectivity index (χ0) is 15.7. The molecule has 0 aliphatic heterocycles. The molecule has 4 nitrogen and oxygen atoms in total. The Kier molecular flexibility index (Phi) is 7.83. The lowest BCUT2D eigenvalue weighted by Crippen LogP contribution is -2.25. The molecule has 21 heavy (non-hydrogen) atoms. The van der Waals surface area contributed by atoms with Crippen LogP contribution in [0.25, 0.3) is 0 Å². The normalized spacial score (nSPS) is 13.7. The highest BCUT2D eigenvalue weighted by atomic mass is 16.5. The summed E-state index contributed by atoms with van der Waals surface area (Å²) in [5, 5.41) is 9.10. The van der Waals surface area contributed by atoms with Gasteiger partial charge in [-0.2, -0.15) is 0 Å². The van der Waals surface area contributed by atoms with E-state index in [9.17, 15) is 4.79 Å². The first-order valence-electron chi connectivity index (χ1n) is 7.75. The molecule has 0 saturated carbocycles. The molecule has 1 aromatic rings. The van der Waals surface area contributed by atoms with Crippen LogP contribution in [0.1, 0.15) is 38.7 Å². The Labute approximate surface area is 127 Å². The summed E-state index contributed by atoms with van der Waals surface area (Å²) < 4.78 is 5.50. The fourth-order valence-electron chi connectivity index (χ4n) is 2.52. The summed E-state index contributed by atoms with van der Waals surface area (Å²) in [7, 11) is 0. The maximum absolute atomic E-state index is 11.1. The lowest BCUT2D eigenvalue weighted by Gasteiger charge is -2.19. The number of carbonyl (C=O) groups is 1. The van der Waals surface area contributed by atoms with E-state index < -0.39 is 11.9 Å². The Balaban J connectivity index is 2.54. The van der Waals surface area contributed by atoms with Gasteiger partial charge in [0.2, 0.25) is 0 Å². The molecule has 0 aliphatic carbocycles. The third-order valence-corrected chi connectivity index (χ3v) is 3.88. The van der Waals surface area contributed by atoms with Crippen molar-refractivity contribution in [2.45, 2.75) is 39.5 Å². The van der Waals surface area contributed by atoms with Gasteiger partial charge in [0, 0.05) is 6.54 Å². The van der Waals surface area contributed by atoms with E-state index in [-0.39, 0.29) is 6.54 Å². The summed E-state index contributed by atoms with van der Waals surface area (Å²) in [6.07, 6.45) is 3.56. The molecule has 1 rings (SSSR count). The van der Waals surface area contributed by atoms with Crippen molar-refractivity contribution in [3.63, 3.8) is 0 Å². The van der Waals surface area contributed by atoms with E-state index in [4.69, 9.17) is 15.6 Å². The van der Waals surface area contributed by atoms with Crippen LogP contribution in [0.5, 0.6) is 5.75 Å². The predicted octanol–water partition coefficient (Wildman–Crippen LogP) is 3.09. The topological polar surface area (TPSA) is 72.5 Å². The van der Waals surface area contributed by atoms with Crippen molar-refractivity contribution in [3.8, 4) is 5.75 Å². The van der Waals surface area contributed by atoms with Crippen LogP contribution < -0.4 is 10.5 Å². The van der Waals surface area contributed by atoms with Crippen LogP contribution >= 0.6 is 0 Å². The minimum absolute atomic E-state index is 0.214. The molecule has 3 N–H and O–H groups in total. The summed E-state index contributed by atoms with van der Waals surface area (Å²) in [5.41, 5.74) is 6.78. The zero-order valence-corrected chi connectivity index (χ0v) is 13.0.